The minimum Gasteiger partial charge on any atom is -0.448 e. The van der Waals surface area contributed by atoms with Crippen LogP contribution >= 0.6 is 11.6 Å². The van der Waals surface area contributed by atoms with Crippen LogP contribution in [0.4, 0.5) is 9.18 Å². The van der Waals surface area contributed by atoms with Crippen LogP contribution < -0.4 is 11.1 Å². The van der Waals surface area contributed by atoms with Crippen LogP contribution in [0.2, 0.25) is 5.02 Å². The van der Waals surface area contributed by atoms with Crippen molar-refractivity contribution in [1.82, 2.24) is 5.32 Å². The molecule has 1 aromatic rings. The zero-order valence-electron chi connectivity index (χ0n) is 10.6. The second kappa shape index (κ2) is 6.09. The number of hydrogen-bond donors (Lipinski definition) is 2. The number of carbonyl (C=O) groups excluding carboxylic acids is 2. The number of nitrogens with two attached hydrogens (primary N) is 1. The molecular weight excluding hydrogens is 287 g/mol. The predicted octanol–water partition coefficient (Wildman–Crippen LogP) is 1.79. The fourth-order valence-electron chi connectivity index (χ4n) is 2.13. The molecule has 1 fully saturated rings. The number of halogens is 2. The maximum Gasteiger partial charge on any atom is 0.404 e. The van der Waals surface area contributed by atoms with Gasteiger partial charge in [-0.1, -0.05) is 17.7 Å². The molecule has 0 aromatic heterocycles. The first-order valence-corrected chi connectivity index (χ1v) is 6.52. The fourth-order valence-corrected chi connectivity index (χ4v) is 2.43. The van der Waals surface area contributed by atoms with Crippen molar-refractivity contribution in [2.45, 2.75) is 12.3 Å². The molecule has 0 spiro atoms. The number of carbonyl (C=O) groups is 2. The van der Waals surface area contributed by atoms with Gasteiger partial charge in [-0.3, -0.25) is 4.79 Å². The Morgan fingerprint density at radius 3 is 2.90 bits per heavy atom. The van der Waals surface area contributed by atoms with Crippen molar-refractivity contribution < 1.29 is 18.7 Å². The van der Waals surface area contributed by atoms with E-state index in [4.69, 9.17) is 17.3 Å². The van der Waals surface area contributed by atoms with Crippen molar-refractivity contribution in [3.63, 3.8) is 0 Å². The molecule has 0 aliphatic heterocycles. The van der Waals surface area contributed by atoms with Gasteiger partial charge in [0.2, 0.25) is 5.91 Å². The summed E-state index contributed by atoms with van der Waals surface area (Å²) in [7, 11) is 0. The maximum atomic E-state index is 13.7. The van der Waals surface area contributed by atoms with Gasteiger partial charge >= 0.3 is 6.09 Å². The van der Waals surface area contributed by atoms with Gasteiger partial charge in [0.15, 0.2) is 0 Å². The molecule has 0 unspecified atom stereocenters. The Bertz CT molecular complexity index is 518. The summed E-state index contributed by atoms with van der Waals surface area (Å²) in [6, 6.07) is 4.46. The van der Waals surface area contributed by atoms with Gasteiger partial charge < -0.3 is 15.8 Å². The quantitative estimate of drug-likeness (QED) is 0.814. The van der Waals surface area contributed by atoms with Crippen molar-refractivity contribution in [1.29, 1.82) is 0 Å². The molecule has 0 heterocycles. The van der Waals surface area contributed by atoms with Gasteiger partial charge in [0.1, 0.15) is 12.4 Å². The standard InChI is InChI=1S/C13H14ClFN2O3/c14-9-2-1-3-10(15)11(9)7-6-8(7)12(18)17-4-5-20-13(16)19/h1-3,7-8H,4-6H2,(H2,16,19)(H,17,18)/t7-,8-/m0/s1. The van der Waals surface area contributed by atoms with Gasteiger partial charge in [-0.15, -0.1) is 0 Å². The summed E-state index contributed by atoms with van der Waals surface area (Å²) >= 11 is 5.95. The Labute approximate surface area is 120 Å². The van der Waals surface area contributed by atoms with Crippen LogP contribution in [0.5, 0.6) is 0 Å². The van der Waals surface area contributed by atoms with Crippen LogP contribution in [0.1, 0.15) is 17.9 Å². The van der Waals surface area contributed by atoms with Gasteiger partial charge in [-0.25, -0.2) is 9.18 Å². The number of primary amides is 1. The minimum absolute atomic E-state index is 0.0128. The number of ether oxygens (including phenoxy) is 1. The lowest BCUT2D eigenvalue weighted by Gasteiger charge is -2.06. The topological polar surface area (TPSA) is 81.4 Å². The Morgan fingerprint density at radius 1 is 1.50 bits per heavy atom. The molecule has 0 radical (unpaired) electrons. The van der Waals surface area contributed by atoms with Gasteiger partial charge in [-0.2, -0.15) is 0 Å². The molecule has 1 aromatic carbocycles. The first kappa shape index (κ1) is 14.6. The van der Waals surface area contributed by atoms with Gasteiger partial charge in [-0.05, 0) is 18.6 Å². The number of amides is 2. The third kappa shape index (κ3) is 3.39. The lowest BCUT2D eigenvalue weighted by Crippen LogP contribution is -2.30. The van der Waals surface area contributed by atoms with E-state index in [-0.39, 0.29) is 30.9 Å². The molecule has 2 amide bonds. The highest BCUT2D eigenvalue weighted by Crippen LogP contribution is 2.50. The van der Waals surface area contributed by atoms with E-state index in [1.165, 1.54) is 12.1 Å². The van der Waals surface area contributed by atoms with E-state index in [1.807, 2.05) is 0 Å². The predicted molar refractivity (Wildman–Crippen MR) is 70.8 cm³/mol. The Kier molecular flexibility index (Phi) is 4.44. The summed E-state index contributed by atoms with van der Waals surface area (Å²) in [5.74, 6) is -1.09. The van der Waals surface area contributed by atoms with E-state index < -0.39 is 11.9 Å². The second-order valence-electron chi connectivity index (χ2n) is 4.54. The maximum absolute atomic E-state index is 13.7. The molecule has 20 heavy (non-hydrogen) atoms. The van der Waals surface area contributed by atoms with Crippen LogP contribution in [0.25, 0.3) is 0 Å². The molecule has 0 saturated heterocycles. The Balaban J connectivity index is 1.85. The highest BCUT2D eigenvalue weighted by atomic mass is 35.5. The third-order valence-corrected chi connectivity index (χ3v) is 3.47. The van der Waals surface area contributed by atoms with Gasteiger partial charge in [0.05, 0.1) is 6.54 Å². The molecule has 108 valence electrons. The molecule has 2 atom stereocenters. The van der Waals surface area contributed by atoms with Crippen LogP contribution in [0.15, 0.2) is 18.2 Å². The monoisotopic (exact) mass is 300 g/mol. The molecule has 3 N–H and O–H groups in total. The summed E-state index contributed by atoms with van der Waals surface area (Å²) in [5.41, 5.74) is 5.17. The van der Waals surface area contributed by atoms with Crippen LogP contribution in [-0.2, 0) is 9.53 Å². The molecule has 0 bridgehead atoms. The molecule has 1 saturated carbocycles. The molecule has 1 aliphatic rings. The van der Waals surface area contributed by atoms with Gasteiger partial charge in [0.25, 0.3) is 0 Å². The second-order valence-corrected chi connectivity index (χ2v) is 4.95. The zero-order chi connectivity index (χ0) is 14.7. The van der Waals surface area contributed by atoms with Crippen molar-refractivity contribution in [2.24, 2.45) is 11.7 Å². The van der Waals surface area contributed by atoms with Crippen LogP contribution in [0, 0.1) is 11.7 Å². The number of hydrogen-bond acceptors (Lipinski definition) is 3. The molecule has 5 nitrogen and oxygen atoms in total. The summed E-state index contributed by atoms with van der Waals surface area (Å²) in [6.45, 7) is 0.189. The first-order valence-electron chi connectivity index (χ1n) is 6.14. The first-order chi connectivity index (χ1) is 9.50. The van der Waals surface area contributed by atoms with E-state index in [0.717, 1.165) is 0 Å². The Hall–Kier alpha value is -1.82. The zero-order valence-corrected chi connectivity index (χ0v) is 11.3. The smallest absolute Gasteiger partial charge is 0.404 e. The summed E-state index contributed by atoms with van der Waals surface area (Å²) in [5, 5.41) is 2.94. The average Bonchev–Trinajstić information content (AvgIpc) is 3.14. The SMILES string of the molecule is NC(=O)OCCNC(=O)[C@H]1C[C@@H]1c1c(F)cccc1Cl. The number of benzene rings is 1. The normalized spacial score (nSPS) is 20.3. The van der Waals surface area contributed by atoms with Crippen molar-refractivity contribution in [3.05, 3.63) is 34.6 Å². The van der Waals surface area contributed by atoms with Crippen molar-refractivity contribution >= 4 is 23.6 Å². The highest BCUT2D eigenvalue weighted by molar-refractivity contribution is 6.31. The van der Waals surface area contributed by atoms with Crippen LogP contribution in [-0.4, -0.2) is 25.2 Å². The van der Waals surface area contributed by atoms with Crippen molar-refractivity contribution in [3.8, 4) is 0 Å². The highest BCUT2D eigenvalue weighted by Gasteiger charge is 2.46. The molecule has 2 rings (SSSR count). The van der Waals surface area contributed by atoms with E-state index in [1.54, 1.807) is 6.07 Å². The third-order valence-electron chi connectivity index (χ3n) is 3.14. The van der Waals surface area contributed by atoms with E-state index in [2.05, 4.69) is 10.1 Å². The fraction of sp³-hybridized carbons (Fsp3) is 0.385. The Morgan fingerprint density at radius 2 is 2.25 bits per heavy atom. The van der Waals surface area contributed by atoms with Crippen LogP contribution in [0.3, 0.4) is 0 Å². The lowest BCUT2D eigenvalue weighted by atomic mass is 10.1. The molecular formula is C13H14ClFN2O3. The summed E-state index contributed by atoms with van der Waals surface area (Å²) < 4.78 is 18.2. The van der Waals surface area contributed by atoms with E-state index in [0.29, 0.717) is 17.0 Å². The molecule has 7 heteroatoms. The average molecular weight is 301 g/mol. The van der Waals surface area contributed by atoms with Crippen molar-refractivity contribution in [2.75, 3.05) is 13.2 Å². The lowest BCUT2D eigenvalue weighted by molar-refractivity contribution is -0.122. The largest absolute Gasteiger partial charge is 0.448 e. The van der Waals surface area contributed by atoms with Gasteiger partial charge in [0, 0.05) is 22.4 Å². The minimum atomic E-state index is -0.887. The summed E-state index contributed by atoms with van der Waals surface area (Å²) in [6.07, 6.45) is -0.329. The number of rotatable bonds is 5. The molecule has 1 aliphatic carbocycles. The van der Waals surface area contributed by atoms with E-state index in [9.17, 15) is 14.0 Å². The van der Waals surface area contributed by atoms with E-state index >= 15 is 0 Å². The summed E-state index contributed by atoms with van der Waals surface area (Å²) in [4.78, 5) is 22.1. The number of nitrogens with one attached hydrogen (secondary N) is 1.